The van der Waals surface area contributed by atoms with Crippen LogP contribution in [0.5, 0.6) is 0 Å². The van der Waals surface area contributed by atoms with Crippen LogP contribution in [-0.4, -0.2) is 16.5 Å². The molecule has 0 N–H and O–H groups in total. The maximum Gasteiger partial charge on any atom is 0.0959 e. The molecule has 1 aromatic heterocycles. The predicted octanol–water partition coefficient (Wildman–Crippen LogP) is 3.06. The van der Waals surface area contributed by atoms with Gasteiger partial charge in [0.2, 0.25) is 0 Å². The van der Waals surface area contributed by atoms with Crippen LogP contribution >= 0.6 is 23.1 Å². The Kier molecular flexibility index (Phi) is 2.71. The summed E-state index contributed by atoms with van der Waals surface area (Å²) in [4.78, 5) is 4.54. The molecule has 1 aliphatic rings. The number of hydrogen-bond acceptors (Lipinski definition) is 3. The van der Waals surface area contributed by atoms with Gasteiger partial charge in [-0.3, -0.25) is 0 Å². The third-order valence-corrected chi connectivity index (χ3v) is 4.38. The molecule has 0 saturated carbocycles. The number of rotatable bonds is 1. The molecule has 0 spiro atoms. The van der Waals surface area contributed by atoms with Gasteiger partial charge >= 0.3 is 0 Å². The maximum atomic E-state index is 4.54. The average Bonchev–Trinajstić information content (AvgIpc) is 2.54. The van der Waals surface area contributed by atoms with Crippen molar-refractivity contribution in [1.29, 1.82) is 0 Å². The Morgan fingerprint density at radius 1 is 1.42 bits per heavy atom. The van der Waals surface area contributed by atoms with E-state index in [9.17, 15) is 0 Å². The Morgan fingerprint density at radius 3 is 2.75 bits per heavy atom. The minimum Gasteiger partial charge on any atom is -0.246 e. The quantitative estimate of drug-likeness (QED) is 0.689. The molecular weight excluding hydrogens is 186 g/mol. The molecule has 0 amide bonds. The lowest BCUT2D eigenvalue weighted by Crippen LogP contribution is -2.07. The van der Waals surface area contributed by atoms with E-state index in [0.717, 1.165) is 5.92 Å². The Bertz CT molecular complexity index is 251. The lowest BCUT2D eigenvalue weighted by molar-refractivity contribution is 0.632. The first-order valence-electron chi connectivity index (χ1n) is 4.36. The Labute approximate surface area is 81.6 Å². The third-order valence-electron chi connectivity index (χ3n) is 2.21. The molecule has 0 bridgehead atoms. The first kappa shape index (κ1) is 8.57. The van der Waals surface area contributed by atoms with Crippen LogP contribution < -0.4 is 0 Å². The number of aromatic nitrogens is 1. The molecule has 0 atom stereocenters. The van der Waals surface area contributed by atoms with Crippen LogP contribution in [0.1, 0.15) is 29.5 Å². The fraction of sp³-hybridized carbons (Fsp3) is 0.667. The maximum absolute atomic E-state index is 4.54. The lowest BCUT2D eigenvalue weighted by Gasteiger charge is -2.18. The smallest absolute Gasteiger partial charge is 0.0959 e. The van der Waals surface area contributed by atoms with Crippen molar-refractivity contribution in [2.24, 2.45) is 0 Å². The molecule has 0 radical (unpaired) electrons. The normalized spacial score (nSPS) is 19.8. The fourth-order valence-electron chi connectivity index (χ4n) is 1.50. The van der Waals surface area contributed by atoms with Crippen LogP contribution in [0.15, 0.2) is 5.38 Å². The highest BCUT2D eigenvalue weighted by Crippen LogP contribution is 2.32. The summed E-state index contributed by atoms with van der Waals surface area (Å²) in [5.74, 6) is 3.41. The van der Waals surface area contributed by atoms with Crippen LogP contribution in [-0.2, 0) is 0 Å². The molecule has 3 heteroatoms. The molecule has 2 rings (SSSR count). The van der Waals surface area contributed by atoms with Gasteiger partial charge < -0.3 is 0 Å². The van der Waals surface area contributed by atoms with Gasteiger partial charge in [0.05, 0.1) is 5.01 Å². The molecule has 66 valence electrons. The molecule has 2 heterocycles. The number of nitrogens with zero attached hydrogens (tertiary/aromatic N) is 1. The molecular formula is C9H13NS2. The second-order valence-electron chi connectivity index (χ2n) is 3.21. The lowest BCUT2D eigenvalue weighted by atomic mass is 10.0. The summed E-state index contributed by atoms with van der Waals surface area (Å²) in [6.07, 6.45) is 2.66. The van der Waals surface area contributed by atoms with Crippen molar-refractivity contribution in [3.8, 4) is 0 Å². The van der Waals surface area contributed by atoms with E-state index in [1.165, 1.54) is 35.0 Å². The summed E-state index contributed by atoms with van der Waals surface area (Å²) in [6.45, 7) is 2.08. The van der Waals surface area contributed by atoms with Gasteiger partial charge in [-0.15, -0.1) is 11.3 Å². The summed E-state index contributed by atoms with van der Waals surface area (Å²) in [7, 11) is 0. The van der Waals surface area contributed by atoms with E-state index in [4.69, 9.17) is 0 Å². The first-order valence-corrected chi connectivity index (χ1v) is 6.39. The summed E-state index contributed by atoms with van der Waals surface area (Å²) in [5.41, 5.74) is 1.19. The van der Waals surface area contributed by atoms with E-state index >= 15 is 0 Å². The van der Waals surface area contributed by atoms with Gasteiger partial charge in [0.1, 0.15) is 0 Å². The molecule has 1 saturated heterocycles. The highest BCUT2D eigenvalue weighted by molar-refractivity contribution is 7.99. The number of thiazole rings is 1. The molecule has 1 fully saturated rings. The van der Waals surface area contributed by atoms with E-state index in [1.807, 2.05) is 11.3 Å². The second-order valence-corrected chi connectivity index (χ2v) is 5.33. The predicted molar refractivity (Wildman–Crippen MR) is 56.2 cm³/mol. The molecule has 1 aliphatic heterocycles. The van der Waals surface area contributed by atoms with Crippen LogP contribution in [0.2, 0.25) is 0 Å². The Morgan fingerprint density at radius 2 is 2.17 bits per heavy atom. The van der Waals surface area contributed by atoms with Crippen LogP contribution in [0, 0.1) is 6.92 Å². The van der Waals surface area contributed by atoms with Crippen LogP contribution in [0.3, 0.4) is 0 Å². The first-order chi connectivity index (χ1) is 5.86. The zero-order valence-corrected chi connectivity index (χ0v) is 8.88. The van der Waals surface area contributed by atoms with Crippen molar-refractivity contribution in [3.63, 3.8) is 0 Å². The van der Waals surface area contributed by atoms with Crippen molar-refractivity contribution in [1.82, 2.24) is 4.98 Å². The summed E-state index contributed by atoms with van der Waals surface area (Å²) >= 11 is 3.91. The topological polar surface area (TPSA) is 12.9 Å². The van der Waals surface area contributed by atoms with Crippen molar-refractivity contribution in [2.45, 2.75) is 25.7 Å². The zero-order valence-electron chi connectivity index (χ0n) is 7.25. The van der Waals surface area contributed by atoms with Crippen LogP contribution in [0.4, 0.5) is 0 Å². The van der Waals surface area contributed by atoms with E-state index in [1.54, 1.807) is 0 Å². The van der Waals surface area contributed by atoms with Crippen LogP contribution in [0.25, 0.3) is 0 Å². The minimum atomic E-state index is 0.768. The monoisotopic (exact) mass is 199 g/mol. The number of hydrogen-bond donors (Lipinski definition) is 0. The van der Waals surface area contributed by atoms with Gasteiger partial charge in [-0.1, -0.05) is 0 Å². The van der Waals surface area contributed by atoms with Gasteiger partial charge in [0.15, 0.2) is 0 Å². The summed E-state index contributed by atoms with van der Waals surface area (Å²) < 4.78 is 0. The van der Waals surface area contributed by atoms with E-state index in [-0.39, 0.29) is 0 Å². The van der Waals surface area contributed by atoms with Gasteiger partial charge in [0.25, 0.3) is 0 Å². The molecule has 0 aliphatic carbocycles. The van der Waals surface area contributed by atoms with E-state index < -0.39 is 0 Å². The summed E-state index contributed by atoms with van der Waals surface area (Å²) in [5, 5.41) is 3.53. The van der Waals surface area contributed by atoms with Gasteiger partial charge in [-0.05, 0) is 31.3 Å². The second kappa shape index (κ2) is 3.79. The standard InChI is InChI=1S/C9H13NS2/c1-7-6-12-9(10-7)8-2-4-11-5-3-8/h6,8H,2-5H2,1H3. The number of aryl methyl sites for hydroxylation is 1. The SMILES string of the molecule is Cc1csc(C2CCSCC2)n1. The van der Waals surface area contributed by atoms with E-state index in [0.29, 0.717) is 0 Å². The Balaban J connectivity index is 2.08. The molecule has 12 heavy (non-hydrogen) atoms. The van der Waals surface area contributed by atoms with Crippen molar-refractivity contribution >= 4 is 23.1 Å². The highest BCUT2D eigenvalue weighted by atomic mass is 32.2. The molecule has 0 aromatic carbocycles. The van der Waals surface area contributed by atoms with Crippen molar-refractivity contribution in [2.75, 3.05) is 11.5 Å². The van der Waals surface area contributed by atoms with Gasteiger partial charge in [-0.25, -0.2) is 4.98 Å². The zero-order chi connectivity index (χ0) is 8.39. The van der Waals surface area contributed by atoms with Crippen molar-refractivity contribution in [3.05, 3.63) is 16.1 Å². The summed E-state index contributed by atoms with van der Waals surface area (Å²) in [6, 6.07) is 0. The highest BCUT2D eigenvalue weighted by Gasteiger charge is 2.17. The third kappa shape index (κ3) is 1.83. The Hall–Kier alpha value is -0.0200. The van der Waals surface area contributed by atoms with Crippen molar-refractivity contribution < 1.29 is 0 Å². The van der Waals surface area contributed by atoms with Gasteiger partial charge in [-0.2, -0.15) is 11.8 Å². The average molecular weight is 199 g/mol. The fourth-order valence-corrected chi connectivity index (χ4v) is 3.58. The number of thioether (sulfide) groups is 1. The minimum absolute atomic E-state index is 0.768. The largest absolute Gasteiger partial charge is 0.246 e. The molecule has 1 nitrogen and oxygen atoms in total. The molecule has 0 unspecified atom stereocenters. The molecule has 1 aromatic rings. The van der Waals surface area contributed by atoms with E-state index in [2.05, 4.69) is 29.0 Å². The van der Waals surface area contributed by atoms with Gasteiger partial charge in [0, 0.05) is 17.0 Å².